The summed E-state index contributed by atoms with van der Waals surface area (Å²) >= 11 is 0. The Morgan fingerprint density at radius 1 is 1.08 bits per heavy atom. The fourth-order valence-corrected chi connectivity index (χ4v) is 5.10. The van der Waals surface area contributed by atoms with E-state index in [2.05, 4.69) is 45.9 Å². The van der Waals surface area contributed by atoms with E-state index in [1.165, 1.54) is 63.7 Å². The maximum absolute atomic E-state index is 5.71. The molecule has 0 bridgehead atoms. The molecule has 2 aliphatic heterocycles. The quantitative estimate of drug-likeness (QED) is 0.820. The summed E-state index contributed by atoms with van der Waals surface area (Å²) in [6.07, 6.45) is 7.85. The number of morpholine rings is 1. The Bertz CT molecular complexity index is 523. The first-order chi connectivity index (χ1) is 12.9. The van der Waals surface area contributed by atoms with Crippen LogP contribution in [-0.2, 0) is 11.2 Å². The van der Waals surface area contributed by atoms with Gasteiger partial charge in [0.25, 0.3) is 0 Å². The monoisotopic (exact) mass is 357 g/mol. The number of piperidine rings is 1. The van der Waals surface area contributed by atoms with E-state index in [1.807, 2.05) is 0 Å². The second kappa shape index (κ2) is 9.32. The summed E-state index contributed by atoms with van der Waals surface area (Å²) in [6.45, 7) is 6.49. The summed E-state index contributed by atoms with van der Waals surface area (Å²) in [5.41, 5.74) is 1.46. The summed E-state index contributed by atoms with van der Waals surface area (Å²) in [7, 11) is 0. The van der Waals surface area contributed by atoms with Crippen LogP contribution < -0.4 is 10.6 Å². The highest BCUT2D eigenvalue weighted by molar-refractivity contribution is 5.14. The van der Waals surface area contributed by atoms with E-state index in [-0.39, 0.29) is 0 Å². The molecule has 0 spiro atoms. The van der Waals surface area contributed by atoms with Gasteiger partial charge in [0.15, 0.2) is 0 Å². The van der Waals surface area contributed by atoms with E-state index in [9.17, 15) is 0 Å². The van der Waals surface area contributed by atoms with Crippen molar-refractivity contribution in [2.45, 2.75) is 56.7 Å². The van der Waals surface area contributed by atoms with Crippen molar-refractivity contribution < 1.29 is 4.74 Å². The molecule has 0 radical (unpaired) electrons. The molecule has 2 N–H and O–H groups in total. The summed E-state index contributed by atoms with van der Waals surface area (Å²) in [5, 5.41) is 7.73. The predicted octanol–water partition coefficient (Wildman–Crippen LogP) is 2.44. The SMILES string of the molecule is c1ccc(CCN2CCC(NC3CCCC3C3COCCN3)CC2)cc1. The third kappa shape index (κ3) is 4.86. The Labute approximate surface area is 158 Å². The second-order valence-electron chi connectivity index (χ2n) is 8.35. The zero-order valence-electron chi connectivity index (χ0n) is 16.0. The number of nitrogens with zero attached hydrogens (tertiary/aromatic N) is 1. The molecule has 3 aliphatic rings. The summed E-state index contributed by atoms with van der Waals surface area (Å²) in [6, 6.07) is 12.9. The molecule has 2 saturated heterocycles. The average molecular weight is 358 g/mol. The van der Waals surface area contributed by atoms with Gasteiger partial charge in [0.2, 0.25) is 0 Å². The lowest BCUT2D eigenvalue weighted by atomic mass is 9.92. The van der Waals surface area contributed by atoms with Crippen molar-refractivity contribution in [3.8, 4) is 0 Å². The Balaban J connectivity index is 1.19. The maximum Gasteiger partial charge on any atom is 0.0623 e. The fourth-order valence-electron chi connectivity index (χ4n) is 5.10. The molecular weight excluding hydrogens is 322 g/mol. The van der Waals surface area contributed by atoms with Crippen molar-refractivity contribution in [2.24, 2.45) is 5.92 Å². The third-order valence-corrected chi connectivity index (χ3v) is 6.63. The first kappa shape index (κ1) is 18.4. The Hall–Kier alpha value is -0.940. The molecule has 0 aromatic heterocycles. The van der Waals surface area contributed by atoms with Crippen LogP contribution in [0.4, 0.5) is 0 Å². The van der Waals surface area contributed by atoms with E-state index in [0.717, 1.165) is 25.7 Å². The lowest BCUT2D eigenvalue weighted by molar-refractivity contribution is 0.0506. The lowest BCUT2D eigenvalue weighted by Crippen LogP contribution is -2.53. The van der Waals surface area contributed by atoms with Gasteiger partial charge in [-0.3, -0.25) is 0 Å². The minimum Gasteiger partial charge on any atom is -0.379 e. The molecule has 4 rings (SSSR count). The Morgan fingerprint density at radius 2 is 1.92 bits per heavy atom. The molecule has 1 aliphatic carbocycles. The van der Waals surface area contributed by atoms with Crippen molar-refractivity contribution in [1.29, 1.82) is 0 Å². The minimum atomic E-state index is 0.565. The van der Waals surface area contributed by atoms with Crippen LogP contribution in [-0.4, -0.2) is 62.4 Å². The molecule has 1 aromatic carbocycles. The van der Waals surface area contributed by atoms with Gasteiger partial charge in [-0.15, -0.1) is 0 Å². The number of hydrogen-bond acceptors (Lipinski definition) is 4. The van der Waals surface area contributed by atoms with Gasteiger partial charge in [0, 0.05) is 31.2 Å². The van der Waals surface area contributed by atoms with Crippen LogP contribution in [0.1, 0.15) is 37.7 Å². The van der Waals surface area contributed by atoms with Crippen LogP contribution in [0.15, 0.2) is 30.3 Å². The number of ether oxygens (including phenoxy) is 1. The molecule has 1 aromatic rings. The smallest absolute Gasteiger partial charge is 0.0623 e. The van der Waals surface area contributed by atoms with Gasteiger partial charge in [-0.1, -0.05) is 36.8 Å². The van der Waals surface area contributed by atoms with Gasteiger partial charge >= 0.3 is 0 Å². The average Bonchev–Trinajstić information content (AvgIpc) is 3.17. The molecule has 4 nitrogen and oxygen atoms in total. The molecule has 0 amide bonds. The number of nitrogens with one attached hydrogen (secondary N) is 2. The van der Waals surface area contributed by atoms with Gasteiger partial charge in [-0.25, -0.2) is 0 Å². The minimum absolute atomic E-state index is 0.565. The van der Waals surface area contributed by atoms with Crippen molar-refractivity contribution in [3.63, 3.8) is 0 Å². The molecule has 4 heteroatoms. The molecule has 2 heterocycles. The van der Waals surface area contributed by atoms with Gasteiger partial charge in [-0.05, 0) is 56.7 Å². The van der Waals surface area contributed by atoms with Crippen molar-refractivity contribution in [1.82, 2.24) is 15.5 Å². The summed E-state index contributed by atoms with van der Waals surface area (Å²) < 4.78 is 5.71. The maximum atomic E-state index is 5.71. The van der Waals surface area contributed by atoms with Crippen LogP contribution in [0, 0.1) is 5.92 Å². The fraction of sp³-hybridized carbons (Fsp3) is 0.727. The first-order valence-corrected chi connectivity index (χ1v) is 10.7. The number of rotatable bonds is 6. The van der Waals surface area contributed by atoms with Crippen molar-refractivity contribution in [2.75, 3.05) is 39.4 Å². The van der Waals surface area contributed by atoms with Crippen molar-refractivity contribution >= 4 is 0 Å². The van der Waals surface area contributed by atoms with E-state index in [0.29, 0.717) is 18.1 Å². The molecule has 26 heavy (non-hydrogen) atoms. The van der Waals surface area contributed by atoms with Crippen LogP contribution >= 0.6 is 0 Å². The molecule has 3 fully saturated rings. The molecule has 3 atom stereocenters. The Kier molecular flexibility index (Phi) is 6.60. The van der Waals surface area contributed by atoms with Gasteiger partial charge in [-0.2, -0.15) is 0 Å². The van der Waals surface area contributed by atoms with E-state index >= 15 is 0 Å². The van der Waals surface area contributed by atoms with Crippen LogP contribution in [0.25, 0.3) is 0 Å². The third-order valence-electron chi connectivity index (χ3n) is 6.63. The zero-order valence-corrected chi connectivity index (χ0v) is 16.0. The topological polar surface area (TPSA) is 36.5 Å². The highest BCUT2D eigenvalue weighted by Gasteiger charge is 2.36. The first-order valence-electron chi connectivity index (χ1n) is 10.7. The van der Waals surface area contributed by atoms with Crippen LogP contribution in [0.3, 0.4) is 0 Å². The molecular formula is C22H35N3O. The van der Waals surface area contributed by atoms with Crippen LogP contribution in [0.2, 0.25) is 0 Å². The highest BCUT2D eigenvalue weighted by Crippen LogP contribution is 2.30. The molecule has 1 saturated carbocycles. The van der Waals surface area contributed by atoms with Gasteiger partial charge in [0.1, 0.15) is 0 Å². The largest absolute Gasteiger partial charge is 0.379 e. The number of likely N-dealkylation sites (tertiary alicyclic amines) is 1. The highest BCUT2D eigenvalue weighted by atomic mass is 16.5. The zero-order chi connectivity index (χ0) is 17.6. The van der Waals surface area contributed by atoms with Gasteiger partial charge < -0.3 is 20.3 Å². The summed E-state index contributed by atoms with van der Waals surface area (Å²) in [4.78, 5) is 2.65. The van der Waals surface area contributed by atoms with Crippen molar-refractivity contribution in [3.05, 3.63) is 35.9 Å². The normalized spacial score (nSPS) is 31.3. The van der Waals surface area contributed by atoms with Crippen LogP contribution in [0.5, 0.6) is 0 Å². The second-order valence-corrected chi connectivity index (χ2v) is 8.35. The van der Waals surface area contributed by atoms with E-state index < -0.39 is 0 Å². The van der Waals surface area contributed by atoms with E-state index in [1.54, 1.807) is 0 Å². The number of hydrogen-bond donors (Lipinski definition) is 2. The van der Waals surface area contributed by atoms with E-state index in [4.69, 9.17) is 4.74 Å². The molecule has 3 unspecified atom stereocenters. The number of benzene rings is 1. The standard InChI is InChI=1S/C22H35N3O/c1-2-5-18(6-3-1)9-13-25-14-10-19(11-15-25)24-21-8-4-7-20(21)22-17-26-16-12-23-22/h1-3,5-6,19-24H,4,7-17H2. The lowest BCUT2D eigenvalue weighted by Gasteiger charge is -2.37. The predicted molar refractivity (Wildman–Crippen MR) is 106 cm³/mol. The summed E-state index contributed by atoms with van der Waals surface area (Å²) in [5.74, 6) is 0.756. The van der Waals surface area contributed by atoms with Gasteiger partial charge in [0.05, 0.1) is 13.2 Å². The molecule has 144 valence electrons. The Morgan fingerprint density at radius 3 is 2.69 bits per heavy atom.